The molecular weight excluding hydrogens is 276 g/mol. The SMILES string of the molecule is NCCCCNS(=O)(=O)c1cnn(-c2ccccc2)c1. The molecule has 1 aromatic heterocycles. The van der Waals surface area contributed by atoms with E-state index in [2.05, 4.69) is 9.82 Å². The second-order valence-corrected chi connectivity index (χ2v) is 6.12. The van der Waals surface area contributed by atoms with Gasteiger partial charge in [0.1, 0.15) is 4.90 Å². The predicted octanol–water partition coefficient (Wildman–Crippen LogP) is 0.890. The van der Waals surface area contributed by atoms with Gasteiger partial charge in [-0.05, 0) is 31.5 Å². The zero-order valence-electron chi connectivity index (χ0n) is 11.1. The predicted molar refractivity (Wildman–Crippen MR) is 77.0 cm³/mol. The molecule has 7 heteroatoms. The van der Waals surface area contributed by atoms with Gasteiger partial charge in [-0.25, -0.2) is 17.8 Å². The number of aromatic nitrogens is 2. The maximum absolute atomic E-state index is 12.0. The van der Waals surface area contributed by atoms with Crippen molar-refractivity contribution in [1.29, 1.82) is 0 Å². The van der Waals surface area contributed by atoms with Gasteiger partial charge in [0.2, 0.25) is 10.0 Å². The zero-order valence-corrected chi connectivity index (χ0v) is 11.9. The molecule has 0 aliphatic heterocycles. The number of benzene rings is 1. The summed E-state index contributed by atoms with van der Waals surface area (Å²) in [7, 11) is -3.50. The molecule has 0 aliphatic rings. The third-order valence-corrected chi connectivity index (χ3v) is 4.23. The molecule has 2 rings (SSSR count). The topological polar surface area (TPSA) is 90.0 Å². The van der Waals surface area contributed by atoms with Gasteiger partial charge in [0, 0.05) is 6.54 Å². The molecule has 0 fully saturated rings. The monoisotopic (exact) mass is 294 g/mol. The van der Waals surface area contributed by atoms with Crippen LogP contribution in [0.5, 0.6) is 0 Å². The molecular formula is C13H18N4O2S. The highest BCUT2D eigenvalue weighted by molar-refractivity contribution is 7.89. The van der Waals surface area contributed by atoms with E-state index in [1.807, 2.05) is 30.3 Å². The molecule has 0 saturated carbocycles. The Morgan fingerprint density at radius 1 is 1.20 bits per heavy atom. The van der Waals surface area contributed by atoms with Gasteiger partial charge in [-0.1, -0.05) is 18.2 Å². The van der Waals surface area contributed by atoms with Crippen molar-refractivity contribution in [3.8, 4) is 5.69 Å². The quantitative estimate of drug-likeness (QED) is 0.742. The zero-order chi connectivity index (χ0) is 14.4. The number of para-hydroxylation sites is 1. The number of unbranched alkanes of at least 4 members (excludes halogenated alkanes) is 1. The van der Waals surface area contributed by atoms with Gasteiger partial charge in [0.05, 0.1) is 18.1 Å². The Labute approximate surface area is 118 Å². The van der Waals surface area contributed by atoms with Crippen molar-refractivity contribution in [2.75, 3.05) is 13.1 Å². The molecule has 1 aromatic carbocycles. The van der Waals surface area contributed by atoms with E-state index in [-0.39, 0.29) is 4.90 Å². The fourth-order valence-electron chi connectivity index (χ4n) is 1.73. The van der Waals surface area contributed by atoms with E-state index >= 15 is 0 Å². The number of hydrogen-bond donors (Lipinski definition) is 2. The van der Waals surface area contributed by atoms with E-state index in [9.17, 15) is 8.42 Å². The second kappa shape index (κ2) is 6.65. The van der Waals surface area contributed by atoms with Crippen LogP contribution in [-0.2, 0) is 10.0 Å². The molecule has 2 aromatic rings. The first-order valence-electron chi connectivity index (χ1n) is 6.43. The summed E-state index contributed by atoms with van der Waals surface area (Å²) in [6.07, 6.45) is 4.37. The third kappa shape index (κ3) is 3.66. The lowest BCUT2D eigenvalue weighted by Gasteiger charge is -2.03. The minimum absolute atomic E-state index is 0.161. The summed E-state index contributed by atoms with van der Waals surface area (Å²) in [5.41, 5.74) is 6.18. The van der Waals surface area contributed by atoms with Gasteiger partial charge in [-0.15, -0.1) is 0 Å². The molecule has 0 amide bonds. The number of nitrogens with zero attached hydrogens (tertiary/aromatic N) is 2. The maximum atomic E-state index is 12.0. The lowest BCUT2D eigenvalue weighted by molar-refractivity contribution is 0.577. The summed E-state index contributed by atoms with van der Waals surface area (Å²) < 4.78 is 28.2. The Balaban J connectivity index is 2.08. The minimum Gasteiger partial charge on any atom is -0.330 e. The molecule has 3 N–H and O–H groups in total. The number of rotatable bonds is 7. The van der Waals surface area contributed by atoms with E-state index in [1.165, 1.54) is 17.1 Å². The van der Waals surface area contributed by atoms with E-state index in [1.54, 1.807) is 0 Å². The fraction of sp³-hybridized carbons (Fsp3) is 0.308. The Bertz CT molecular complexity index is 637. The molecule has 0 bridgehead atoms. The molecule has 0 spiro atoms. The van der Waals surface area contributed by atoms with E-state index in [0.717, 1.165) is 18.5 Å². The molecule has 0 aliphatic carbocycles. The van der Waals surface area contributed by atoms with Gasteiger partial charge in [-0.3, -0.25) is 0 Å². The molecule has 6 nitrogen and oxygen atoms in total. The number of hydrogen-bond acceptors (Lipinski definition) is 4. The molecule has 20 heavy (non-hydrogen) atoms. The lowest BCUT2D eigenvalue weighted by Crippen LogP contribution is -2.24. The first-order valence-corrected chi connectivity index (χ1v) is 7.91. The normalized spacial score (nSPS) is 11.7. The Morgan fingerprint density at radius 2 is 1.95 bits per heavy atom. The first kappa shape index (κ1) is 14.7. The van der Waals surface area contributed by atoms with E-state index in [0.29, 0.717) is 13.1 Å². The van der Waals surface area contributed by atoms with Crippen molar-refractivity contribution in [2.24, 2.45) is 5.73 Å². The third-order valence-electron chi connectivity index (χ3n) is 2.81. The van der Waals surface area contributed by atoms with Gasteiger partial charge >= 0.3 is 0 Å². The summed E-state index contributed by atoms with van der Waals surface area (Å²) in [6, 6.07) is 9.35. The number of nitrogens with one attached hydrogen (secondary N) is 1. The Kier molecular flexibility index (Phi) is 4.89. The first-order chi connectivity index (χ1) is 9.63. The van der Waals surface area contributed by atoms with Crippen LogP contribution < -0.4 is 10.5 Å². The van der Waals surface area contributed by atoms with Crippen LogP contribution in [0.2, 0.25) is 0 Å². The lowest BCUT2D eigenvalue weighted by atomic mass is 10.3. The molecule has 0 unspecified atom stereocenters. The largest absolute Gasteiger partial charge is 0.330 e. The summed E-state index contributed by atoms with van der Waals surface area (Å²) >= 11 is 0. The Morgan fingerprint density at radius 3 is 2.65 bits per heavy atom. The number of nitrogens with two attached hydrogens (primary N) is 1. The molecule has 108 valence electrons. The minimum atomic E-state index is -3.50. The summed E-state index contributed by atoms with van der Waals surface area (Å²) in [4.78, 5) is 0.161. The highest BCUT2D eigenvalue weighted by atomic mass is 32.2. The van der Waals surface area contributed by atoms with Crippen LogP contribution in [0.15, 0.2) is 47.6 Å². The molecule has 0 radical (unpaired) electrons. The van der Waals surface area contributed by atoms with E-state index < -0.39 is 10.0 Å². The van der Waals surface area contributed by atoms with Crippen molar-refractivity contribution >= 4 is 10.0 Å². The van der Waals surface area contributed by atoms with Crippen LogP contribution in [0, 0.1) is 0 Å². The van der Waals surface area contributed by atoms with Crippen molar-refractivity contribution < 1.29 is 8.42 Å². The standard InChI is InChI=1S/C13H18N4O2S/c14-8-4-5-9-16-20(18,19)13-10-15-17(11-13)12-6-2-1-3-7-12/h1-3,6-7,10-11,16H,4-5,8-9,14H2. The van der Waals surface area contributed by atoms with Crippen LogP contribution in [-0.4, -0.2) is 31.3 Å². The van der Waals surface area contributed by atoms with Crippen LogP contribution in [0.4, 0.5) is 0 Å². The summed E-state index contributed by atoms with van der Waals surface area (Å²) in [5, 5.41) is 4.07. The molecule has 0 atom stereocenters. The van der Waals surface area contributed by atoms with Crippen LogP contribution in [0.25, 0.3) is 5.69 Å². The van der Waals surface area contributed by atoms with Gasteiger partial charge in [0.15, 0.2) is 0 Å². The van der Waals surface area contributed by atoms with Gasteiger partial charge in [0.25, 0.3) is 0 Å². The molecule has 1 heterocycles. The van der Waals surface area contributed by atoms with Crippen LogP contribution in [0.1, 0.15) is 12.8 Å². The molecule has 0 saturated heterocycles. The van der Waals surface area contributed by atoms with Gasteiger partial charge in [-0.2, -0.15) is 5.10 Å². The average Bonchev–Trinajstić information content (AvgIpc) is 2.95. The van der Waals surface area contributed by atoms with Crippen molar-refractivity contribution in [1.82, 2.24) is 14.5 Å². The van der Waals surface area contributed by atoms with Crippen molar-refractivity contribution in [2.45, 2.75) is 17.7 Å². The second-order valence-electron chi connectivity index (χ2n) is 4.35. The maximum Gasteiger partial charge on any atom is 0.243 e. The van der Waals surface area contributed by atoms with Crippen LogP contribution >= 0.6 is 0 Å². The summed E-state index contributed by atoms with van der Waals surface area (Å²) in [6.45, 7) is 0.948. The fourth-order valence-corrected chi connectivity index (χ4v) is 2.73. The Hall–Kier alpha value is -1.70. The van der Waals surface area contributed by atoms with E-state index in [4.69, 9.17) is 5.73 Å². The highest BCUT2D eigenvalue weighted by Gasteiger charge is 2.16. The average molecular weight is 294 g/mol. The van der Waals surface area contributed by atoms with Crippen molar-refractivity contribution in [3.63, 3.8) is 0 Å². The van der Waals surface area contributed by atoms with Gasteiger partial charge < -0.3 is 5.73 Å². The summed E-state index contributed by atoms with van der Waals surface area (Å²) in [5.74, 6) is 0. The van der Waals surface area contributed by atoms with Crippen molar-refractivity contribution in [3.05, 3.63) is 42.7 Å². The smallest absolute Gasteiger partial charge is 0.243 e. The van der Waals surface area contributed by atoms with Crippen LogP contribution in [0.3, 0.4) is 0 Å². The number of sulfonamides is 1. The highest BCUT2D eigenvalue weighted by Crippen LogP contribution is 2.11.